The molecule has 0 radical (unpaired) electrons. The molecule has 0 aromatic carbocycles. The van der Waals surface area contributed by atoms with Crippen molar-refractivity contribution in [2.24, 2.45) is 17.8 Å². The number of carbonyl (C=O) groups is 1. The molecule has 2 fully saturated rings. The Bertz CT molecular complexity index is 202. The van der Waals surface area contributed by atoms with Crippen LogP contribution in [-0.2, 0) is 9.53 Å². The second-order valence-electron chi connectivity index (χ2n) is 3.09. The standard InChI is InChI=1S/C8H9ClO2/c9-2-1-7(10)8-5-3-11-4-6(5)8/h1-2,5-6,8H,3-4H2/b2-1+. The number of ether oxygens (including phenoxy) is 1. The molecule has 0 aromatic rings. The zero-order valence-electron chi connectivity index (χ0n) is 6.00. The average molecular weight is 173 g/mol. The van der Waals surface area contributed by atoms with E-state index in [2.05, 4.69) is 0 Å². The van der Waals surface area contributed by atoms with Crippen molar-refractivity contribution in [3.05, 3.63) is 11.6 Å². The average Bonchev–Trinajstić information content (AvgIpc) is 2.47. The van der Waals surface area contributed by atoms with Crippen molar-refractivity contribution in [2.45, 2.75) is 0 Å². The van der Waals surface area contributed by atoms with Gasteiger partial charge in [-0.15, -0.1) is 0 Å². The number of hydrogen-bond donors (Lipinski definition) is 0. The summed E-state index contributed by atoms with van der Waals surface area (Å²) in [6.07, 6.45) is 1.45. The van der Waals surface area contributed by atoms with E-state index in [9.17, 15) is 4.79 Å². The molecule has 1 aliphatic carbocycles. The molecule has 1 heterocycles. The topological polar surface area (TPSA) is 26.3 Å². The van der Waals surface area contributed by atoms with Crippen LogP contribution in [0.2, 0.25) is 0 Å². The number of rotatable bonds is 2. The zero-order valence-corrected chi connectivity index (χ0v) is 6.75. The maximum atomic E-state index is 11.2. The molecular weight excluding hydrogens is 164 g/mol. The molecular formula is C8H9ClO2. The fraction of sp³-hybridized carbons (Fsp3) is 0.625. The minimum Gasteiger partial charge on any atom is -0.381 e. The Morgan fingerprint density at radius 3 is 2.64 bits per heavy atom. The van der Waals surface area contributed by atoms with Gasteiger partial charge in [-0.1, -0.05) is 11.6 Å². The minimum absolute atomic E-state index is 0.165. The first-order chi connectivity index (χ1) is 5.34. The summed E-state index contributed by atoms with van der Waals surface area (Å²) in [5.41, 5.74) is 1.29. The third-order valence-electron chi connectivity index (χ3n) is 2.51. The maximum absolute atomic E-state index is 11.2. The maximum Gasteiger partial charge on any atom is 0.160 e. The van der Waals surface area contributed by atoms with Gasteiger partial charge in [0.05, 0.1) is 13.2 Å². The van der Waals surface area contributed by atoms with E-state index < -0.39 is 0 Å². The predicted octanol–water partition coefficient (Wildman–Crippen LogP) is 1.20. The molecule has 2 unspecified atom stereocenters. The Labute approximate surface area is 70.2 Å². The van der Waals surface area contributed by atoms with Gasteiger partial charge in [-0.3, -0.25) is 4.79 Å². The van der Waals surface area contributed by atoms with Crippen LogP contribution in [0.25, 0.3) is 0 Å². The van der Waals surface area contributed by atoms with E-state index in [1.165, 1.54) is 11.6 Å². The van der Waals surface area contributed by atoms with Crippen molar-refractivity contribution in [3.8, 4) is 0 Å². The van der Waals surface area contributed by atoms with Crippen LogP contribution >= 0.6 is 11.6 Å². The lowest BCUT2D eigenvalue weighted by molar-refractivity contribution is -0.117. The van der Waals surface area contributed by atoms with E-state index >= 15 is 0 Å². The van der Waals surface area contributed by atoms with Crippen LogP contribution in [-0.4, -0.2) is 19.0 Å². The zero-order chi connectivity index (χ0) is 7.84. The fourth-order valence-electron chi connectivity index (χ4n) is 1.83. The highest BCUT2D eigenvalue weighted by Gasteiger charge is 2.56. The molecule has 1 saturated carbocycles. The van der Waals surface area contributed by atoms with Crippen LogP contribution in [0.5, 0.6) is 0 Å². The number of carbonyl (C=O) groups excluding carboxylic acids is 1. The van der Waals surface area contributed by atoms with Crippen molar-refractivity contribution in [3.63, 3.8) is 0 Å². The van der Waals surface area contributed by atoms with E-state index in [4.69, 9.17) is 16.3 Å². The molecule has 0 spiro atoms. The molecule has 0 amide bonds. The number of hydrogen-bond acceptors (Lipinski definition) is 2. The van der Waals surface area contributed by atoms with Crippen LogP contribution in [0.1, 0.15) is 0 Å². The monoisotopic (exact) mass is 172 g/mol. The van der Waals surface area contributed by atoms with E-state index in [1.54, 1.807) is 0 Å². The summed E-state index contributed by atoms with van der Waals surface area (Å²) in [6, 6.07) is 0. The molecule has 2 atom stereocenters. The summed E-state index contributed by atoms with van der Waals surface area (Å²) in [5.74, 6) is 1.38. The van der Waals surface area contributed by atoms with Crippen LogP contribution in [0.15, 0.2) is 11.6 Å². The highest BCUT2D eigenvalue weighted by molar-refractivity contribution is 6.27. The Morgan fingerprint density at radius 2 is 2.09 bits per heavy atom. The lowest BCUT2D eigenvalue weighted by Crippen LogP contribution is -2.06. The first-order valence-corrected chi connectivity index (χ1v) is 4.16. The molecule has 2 aliphatic rings. The molecule has 1 saturated heterocycles. The van der Waals surface area contributed by atoms with Gasteiger partial charge in [-0.25, -0.2) is 0 Å². The van der Waals surface area contributed by atoms with Gasteiger partial charge < -0.3 is 4.74 Å². The number of allylic oxidation sites excluding steroid dienone is 1. The molecule has 0 aromatic heterocycles. The Kier molecular flexibility index (Phi) is 1.74. The van der Waals surface area contributed by atoms with Crippen molar-refractivity contribution in [1.82, 2.24) is 0 Å². The van der Waals surface area contributed by atoms with Gasteiger partial charge in [0.25, 0.3) is 0 Å². The summed E-state index contributed by atoms with van der Waals surface area (Å²) < 4.78 is 5.16. The Hall–Kier alpha value is -0.340. The highest BCUT2D eigenvalue weighted by Crippen LogP contribution is 2.51. The van der Waals surface area contributed by atoms with E-state index in [-0.39, 0.29) is 11.7 Å². The van der Waals surface area contributed by atoms with Crippen LogP contribution in [0.3, 0.4) is 0 Å². The number of fused-ring (bicyclic) bond motifs is 1. The Morgan fingerprint density at radius 1 is 1.45 bits per heavy atom. The number of ketones is 1. The van der Waals surface area contributed by atoms with Gasteiger partial charge in [-0.05, 0) is 17.9 Å². The number of halogens is 1. The summed E-state index contributed by atoms with van der Waals surface area (Å²) in [4.78, 5) is 11.2. The molecule has 3 heteroatoms. The second-order valence-corrected chi connectivity index (χ2v) is 3.34. The van der Waals surface area contributed by atoms with Gasteiger partial charge in [-0.2, -0.15) is 0 Å². The van der Waals surface area contributed by atoms with Crippen LogP contribution in [0, 0.1) is 17.8 Å². The van der Waals surface area contributed by atoms with E-state index in [0.717, 1.165) is 13.2 Å². The first-order valence-electron chi connectivity index (χ1n) is 3.73. The van der Waals surface area contributed by atoms with E-state index in [1.807, 2.05) is 0 Å². The van der Waals surface area contributed by atoms with Crippen molar-refractivity contribution in [2.75, 3.05) is 13.2 Å². The van der Waals surface area contributed by atoms with Gasteiger partial charge in [0.15, 0.2) is 5.78 Å². The third kappa shape index (κ3) is 1.10. The van der Waals surface area contributed by atoms with Crippen LogP contribution < -0.4 is 0 Å². The van der Waals surface area contributed by atoms with Crippen molar-refractivity contribution >= 4 is 17.4 Å². The van der Waals surface area contributed by atoms with Gasteiger partial charge in [0.1, 0.15) is 0 Å². The smallest absolute Gasteiger partial charge is 0.160 e. The predicted molar refractivity (Wildman–Crippen MR) is 41.3 cm³/mol. The summed E-state index contributed by atoms with van der Waals surface area (Å²) in [5, 5.41) is 0. The Balaban J connectivity index is 1.95. The van der Waals surface area contributed by atoms with Crippen LogP contribution in [0.4, 0.5) is 0 Å². The molecule has 11 heavy (non-hydrogen) atoms. The quantitative estimate of drug-likeness (QED) is 0.586. The van der Waals surface area contributed by atoms with Crippen molar-refractivity contribution in [1.29, 1.82) is 0 Å². The molecule has 1 aliphatic heterocycles. The lowest BCUT2D eigenvalue weighted by Gasteiger charge is -1.97. The SMILES string of the molecule is O=C(/C=C/Cl)C1C2COCC21. The molecule has 60 valence electrons. The van der Waals surface area contributed by atoms with Gasteiger partial charge in [0.2, 0.25) is 0 Å². The third-order valence-corrected chi connectivity index (χ3v) is 2.63. The summed E-state index contributed by atoms with van der Waals surface area (Å²) in [6.45, 7) is 1.52. The van der Waals surface area contributed by atoms with E-state index in [0.29, 0.717) is 11.8 Å². The fourth-order valence-corrected chi connectivity index (χ4v) is 1.96. The molecule has 0 N–H and O–H groups in total. The normalized spacial score (nSPS) is 41.0. The largest absolute Gasteiger partial charge is 0.381 e. The highest BCUT2D eigenvalue weighted by atomic mass is 35.5. The van der Waals surface area contributed by atoms with Gasteiger partial charge >= 0.3 is 0 Å². The molecule has 0 bridgehead atoms. The summed E-state index contributed by atoms with van der Waals surface area (Å²) >= 11 is 5.29. The minimum atomic E-state index is 0.165. The summed E-state index contributed by atoms with van der Waals surface area (Å²) in [7, 11) is 0. The van der Waals surface area contributed by atoms with Gasteiger partial charge in [0, 0.05) is 11.5 Å². The lowest BCUT2D eigenvalue weighted by atomic mass is 10.2. The van der Waals surface area contributed by atoms with Crippen molar-refractivity contribution < 1.29 is 9.53 Å². The first kappa shape index (κ1) is 7.32. The molecule has 2 rings (SSSR count). The molecule has 2 nitrogen and oxygen atoms in total. The second kappa shape index (κ2) is 2.61.